The molecule has 94 valence electrons. The van der Waals surface area contributed by atoms with E-state index in [1.165, 1.54) is 11.3 Å². The molecule has 1 heterocycles. The minimum Gasteiger partial charge on any atom is -0.359 e. The number of nitrogens with one attached hydrogen (secondary N) is 2. The normalized spacial score (nSPS) is 11.1. The van der Waals surface area contributed by atoms with Crippen LogP contribution < -0.4 is 10.6 Å². The predicted molar refractivity (Wildman–Crippen MR) is 72.2 cm³/mol. The molecule has 1 aromatic rings. The van der Waals surface area contributed by atoms with Crippen molar-refractivity contribution in [3.8, 4) is 0 Å². The topological polar surface area (TPSA) is 58.2 Å². The molecule has 1 aromatic heterocycles. The van der Waals surface area contributed by atoms with Gasteiger partial charge < -0.3 is 10.6 Å². The Balaban J connectivity index is 2.60. The summed E-state index contributed by atoms with van der Waals surface area (Å²) in [5.41, 5.74) is -0.617. The summed E-state index contributed by atoms with van der Waals surface area (Å²) < 4.78 is 0.776. The van der Waals surface area contributed by atoms with Crippen molar-refractivity contribution in [2.45, 2.75) is 13.8 Å². The van der Waals surface area contributed by atoms with Gasteiger partial charge in [0.1, 0.15) is 4.88 Å². The Bertz CT molecular complexity index is 429. The number of amides is 2. The fourth-order valence-electron chi connectivity index (χ4n) is 1.26. The third-order valence-electron chi connectivity index (χ3n) is 2.36. The molecular formula is C11H15BrN2O2S. The zero-order valence-corrected chi connectivity index (χ0v) is 12.4. The van der Waals surface area contributed by atoms with Gasteiger partial charge in [0.25, 0.3) is 5.91 Å². The van der Waals surface area contributed by atoms with Crippen LogP contribution in [0.25, 0.3) is 0 Å². The molecule has 2 amide bonds. The summed E-state index contributed by atoms with van der Waals surface area (Å²) in [5, 5.41) is 7.18. The SMILES string of the molecule is CNC(=O)C(C)(C)CNC(=O)c1sccc1Br. The average molecular weight is 319 g/mol. The lowest BCUT2D eigenvalue weighted by atomic mass is 9.92. The third kappa shape index (κ3) is 3.54. The second-order valence-corrected chi connectivity index (χ2v) is 6.01. The highest BCUT2D eigenvalue weighted by atomic mass is 79.9. The van der Waals surface area contributed by atoms with E-state index in [1.807, 2.05) is 11.4 Å². The lowest BCUT2D eigenvalue weighted by Crippen LogP contribution is -2.43. The number of hydrogen-bond donors (Lipinski definition) is 2. The van der Waals surface area contributed by atoms with E-state index in [1.54, 1.807) is 20.9 Å². The molecule has 6 heteroatoms. The van der Waals surface area contributed by atoms with Crippen molar-refractivity contribution in [2.75, 3.05) is 13.6 Å². The maximum absolute atomic E-state index is 11.8. The van der Waals surface area contributed by atoms with Crippen LogP contribution in [0.15, 0.2) is 15.9 Å². The molecule has 0 bridgehead atoms. The van der Waals surface area contributed by atoms with Crippen molar-refractivity contribution in [1.29, 1.82) is 0 Å². The number of halogens is 1. The number of hydrogen-bond acceptors (Lipinski definition) is 3. The highest BCUT2D eigenvalue weighted by Gasteiger charge is 2.27. The molecule has 0 fully saturated rings. The average Bonchev–Trinajstić information content (AvgIpc) is 2.71. The first-order chi connectivity index (χ1) is 7.88. The van der Waals surface area contributed by atoms with Crippen LogP contribution in [0, 0.1) is 5.41 Å². The molecular weight excluding hydrogens is 304 g/mol. The molecule has 0 aliphatic rings. The second-order valence-electron chi connectivity index (χ2n) is 4.24. The summed E-state index contributed by atoms with van der Waals surface area (Å²) in [5.74, 6) is -0.258. The highest BCUT2D eigenvalue weighted by molar-refractivity contribution is 9.10. The molecule has 0 unspecified atom stereocenters. The van der Waals surface area contributed by atoms with Crippen molar-refractivity contribution in [1.82, 2.24) is 10.6 Å². The maximum atomic E-state index is 11.8. The van der Waals surface area contributed by atoms with E-state index in [4.69, 9.17) is 0 Å². The van der Waals surface area contributed by atoms with Gasteiger partial charge in [-0.15, -0.1) is 11.3 Å². The Morgan fingerprint density at radius 1 is 1.47 bits per heavy atom. The molecule has 0 saturated carbocycles. The first-order valence-electron chi connectivity index (χ1n) is 5.12. The molecule has 17 heavy (non-hydrogen) atoms. The molecule has 0 atom stereocenters. The van der Waals surface area contributed by atoms with E-state index in [0.717, 1.165) is 4.47 Å². The van der Waals surface area contributed by atoms with Gasteiger partial charge in [-0.05, 0) is 41.2 Å². The molecule has 0 aliphatic heterocycles. The largest absolute Gasteiger partial charge is 0.359 e. The van der Waals surface area contributed by atoms with Crippen molar-refractivity contribution in [3.63, 3.8) is 0 Å². The second kappa shape index (κ2) is 5.64. The summed E-state index contributed by atoms with van der Waals surface area (Å²) in [6.07, 6.45) is 0. The van der Waals surface area contributed by atoms with E-state index >= 15 is 0 Å². The molecule has 0 aromatic carbocycles. The van der Waals surface area contributed by atoms with Gasteiger partial charge in [-0.3, -0.25) is 9.59 Å². The lowest BCUT2D eigenvalue weighted by Gasteiger charge is -2.22. The van der Waals surface area contributed by atoms with Crippen LogP contribution in [-0.2, 0) is 4.79 Å². The van der Waals surface area contributed by atoms with Gasteiger partial charge in [0.15, 0.2) is 0 Å². The monoisotopic (exact) mass is 318 g/mol. The first kappa shape index (κ1) is 14.2. The van der Waals surface area contributed by atoms with Crippen LogP contribution in [-0.4, -0.2) is 25.4 Å². The van der Waals surface area contributed by atoms with E-state index in [9.17, 15) is 9.59 Å². The highest BCUT2D eigenvalue weighted by Crippen LogP contribution is 2.22. The van der Waals surface area contributed by atoms with Crippen LogP contribution in [0.1, 0.15) is 23.5 Å². The van der Waals surface area contributed by atoms with Crippen LogP contribution in [0.5, 0.6) is 0 Å². The van der Waals surface area contributed by atoms with Gasteiger partial charge in [-0.2, -0.15) is 0 Å². The zero-order valence-electron chi connectivity index (χ0n) is 9.96. The number of carbonyl (C=O) groups excluding carboxylic acids is 2. The van der Waals surface area contributed by atoms with Gasteiger partial charge >= 0.3 is 0 Å². The Morgan fingerprint density at radius 3 is 2.59 bits per heavy atom. The van der Waals surface area contributed by atoms with Gasteiger partial charge in [-0.25, -0.2) is 0 Å². The lowest BCUT2D eigenvalue weighted by molar-refractivity contribution is -0.128. The smallest absolute Gasteiger partial charge is 0.262 e. The molecule has 1 rings (SSSR count). The summed E-state index contributed by atoms with van der Waals surface area (Å²) in [6.45, 7) is 3.88. The maximum Gasteiger partial charge on any atom is 0.262 e. The van der Waals surface area contributed by atoms with Gasteiger partial charge in [0.05, 0.1) is 5.41 Å². The van der Waals surface area contributed by atoms with Crippen molar-refractivity contribution in [2.24, 2.45) is 5.41 Å². The fraction of sp³-hybridized carbons (Fsp3) is 0.455. The van der Waals surface area contributed by atoms with Crippen molar-refractivity contribution >= 4 is 39.1 Å². The molecule has 4 nitrogen and oxygen atoms in total. The zero-order chi connectivity index (χ0) is 13.1. The molecule has 0 saturated heterocycles. The van der Waals surface area contributed by atoms with Crippen molar-refractivity contribution < 1.29 is 9.59 Å². The minimum atomic E-state index is -0.617. The van der Waals surface area contributed by atoms with Gasteiger partial charge in [0.2, 0.25) is 5.91 Å². The Morgan fingerprint density at radius 2 is 2.12 bits per heavy atom. The van der Waals surface area contributed by atoms with E-state index in [2.05, 4.69) is 26.6 Å². The third-order valence-corrected chi connectivity index (χ3v) is 4.19. The minimum absolute atomic E-state index is 0.0944. The first-order valence-corrected chi connectivity index (χ1v) is 6.79. The standard InChI is InChI=1S/C11H15BrN2O2S/c1-11(2,10(16)13-3)6-14-9(15)8-7(12)4-5-17-8/h4-5H,6H2,1-3H3,(H,13,16)(H,14,15). The number of carbonyl (C=O) groups is 2. The summed E-state index contributed by atoms with van der Waals surface area (Å²) in [7, 11) is 1.59. The van der Waals surface area contributed by atoms with Crippen LogP contribution in [0.4, 0.5) is 0 Å². The Kier molecular flexibility index (Phi) is 4.70. The van der Waals surface area contributed by atoms with E-state index in [-0.39, 0.29) is 11.8 Å². The predicted octanol–water partition coefficient (Wildman–Crippen LogP) is 2.01. The van der Waals surface area contributed by atoms with Gasteiger partial charge in [0, 0.05) is 18.1 Å². The Hall–Kier alpha value is -0.880. The summed E-state index contributed by atoms with van der Waals surface area (Å²) in [6, 6.07) is 1.82. The Labute approximate surface area is 113 Å². The molecule has 2 N–H and O–H groups in total. The molecule has 0 aliphatic carbocycles. The van der Waals surface area contributed by atoms with Crippen LogP contribution >= 0.6 is 27.3 Å². The molecule has 0 spiro atoms. The van der Waals surface area contributed by atoms with Crippen LogP contribution in [0.2, 0.25) is 0 Å². The van der Waals surface area contributed by atoms with Gasteiger partial charge in [-0.1, -0.05) is 0 Å². The molecule has 0 radical (unpaired) electrons. The summed E-state index contributed by atoms with van der Waals surface area (Å²) >= 11 is 4.66. The number of thiophene rings is 1. The van der Waals surface area contributed by atoms with E-state index in [0.29, 0.717) is 11.4 Å². The summed E-state index contributed by atoms with van der Waals surface area (Å²) in [4.78, 5) is 24.0. The van der Waals surface area contributed by atoms with E-state index < -0.39 is 5.41 Å². The van der Waals surface area contributed by atoms with Crippen LogP contribution in [0.3, 0.4) is 0 Å². The fourth-order valence-corrected chi connectivity index (χ4v) is 2.72. The number of rotatable bonds is 4. The quantitative estimate of drug-likeness (QED) is 0.892. The van der Waals surface area contributed by atoms with Crippen molar-refractivity contribution in [3.05, 3.63) is 20.8 Å².